The molecule has 1 aliphatic heterocycles. The normalized spacial score (nSPS) is 17.4. The van der Waals surface area contributed by atoms with Gasteiger partial charge in [0.2, 0.25) is 0 Å². The van der Waals surface area contributed by atoms with Crippen molar-refractivity contribution >= 4 is 42.1 Å². The average Bonchev–Trinajstić information content (AvgIpc) is 3.10. The Hall–Kier alpha value is -4.27. The van der Waals surface area contributed by atoms with E-state index in [1.807, 2.05) is 49.2 Å². The minimum Gasteiger partial charge on any atom is -0.481 e. The maximum absolute atomic E-state index is 16.0. The first-order chi connectivity index (χ1) is 23.6. The molecule has 0 fully saturated rings. The summed E-state index contributed by atoms with van der Waals surface area (Å²) < 4.78 is 53.3. The number of carbonyl (C=O) groups is 2. The van der Waals surface area contributed by atoms with Gasteiger partial charge in [-0.05, 0) is 57.9 Å². The van der Waals surface area contributed by atoms with Crippen LogP contribution in [0.5, 0.6) is 0 Å². The molecule has 1 unspecified atom stereocenters. The minimum atomic E-state index is -2.54. The molecular weight excluding hydrogens is 652 g/mol. The summed E-state index contributed by atoms with van der Waals surface area (Å²) in [5.41, 5.74) is 5.15. The highest BCUT2D eigenvalue weighted by Crippen LogP contribution is 2.43. The van der Waals surface area contributed by atoms with Crippen molar-refractivity contribution in [3.8, 4) is 0 Å². The number of ether oxygens (including phenoxy) is 4. The molecule has 2 aliphatic rings. The molecule has 0 saturated heterocycles. The SMILES string of the molecule is C=C[Si]1(C)C2=C/C(=N/C)C=CC2=C(c2c(F)cc(C(=O)NCCOCCOCCOCCOCCC(=O)O)cc2F)c2ccc(NC)cc21. The van der Waals surface area contributed by atoms with E-state index in [4.69, 9.17) is 24.1 Å². The molecule has 2 aromatic rings. The van der Waals surface area contributed by atoms with E-state index < -0.39 is 31.6 Å². The molecule has 1 heterocycles. The Kier molecular flexibility index (Phi) is 13.7. The number of carbonyl (C=O) groups excluding carboxylic acids is 1. The second-order valence-corrected chi connectivity index (χ2v) is 15.3. The van der Waals surface area contributed by atoms with E-state index >= 15 is 8.78 Å². The van der Waals surface area contributed by atoms with Crippen LogP contribution in [0.25, 0.3) is 5.57 Å². The summed E-state index contributed by atoms with van der Waals surface area (Å²) in [4.78, 5) is 27.6. The summed E-state index contributed by atoms with van der Waals surface area (Å²) in [6, 6.07) is 7.92. The molecule has 0 aromatic heterocycles. The molecule has 0 spiro atoms. The number of aliphatic imine (C=N–C) groups is 1. The molecular formula is C36H43F2N3O7Si. The summed E-state index contributed by atoms with van der Waals surface area (Å²) in [6.07, 6.45) is 5.62. The van der Waals surface area contributed by atoms with Crippen molar-refractivity contribution in [1.29, 1.82) is 0 Å². The van der Waals surface area contributed by atoms with E-state index in [-0.39, 0.29) is 43.9 Å². The number of nitrogens with zero attached hydrogens (tertiary/aromatic N) is 1. The standard InChI is InChI=1S/C36H43F2N3O7Si/c1-5-49(4)31-22-25(39-2)6-8-27(31)34(28-9-7-26(40-3)23-32(28)49)35-29(37)20-24(21-30(35)38)36(44)41-11-13-46-15-17-48-19-18-47-16-14-45-12-10-33(42)43/h5-9,20-23,39H,1,10-19H2,2-4H3,(H,41,44)(H,42,43)/b40-26+. The molecule has 0 saturated carbocycles. The van der Waals surface area contributed by atoms with Crippen LogP contribution in [0.2, 0.25) is 6.55 Å². The summed E-state index contributed by atoms with van der Waals surface area (Å²) in [5, 5.41) is 16.3. The fourth-order valence-corrected chi connectivity index (χ4v) is 8.82. The van der Waals surface area contributed by atoms with Gasteiger partial charge in [-0.15, -0.1) is 6.58 Å². The Morgan fingerprint density at radius 2 is 1.55 bits per heavy atom. The number of benzene rings is 2. The maximum Gasteiger partial charge on any atom is 0.305 e. The molecule has 2 aromatic carbocycles. The van der Waals surface area contributed by atoms with Crippen LogP contribution in [0.4, 0.5) is 14.5 Å². The topological polar surface area (TPSA) is 128 Å². The number of hydrogen-bond acceptors (Lipinski definition) is 8. The second-order valence-electron chi connectivity index (χ2n) is 11.4. The molecule has 262 valence electrons. The van der Waals surface area contributed by atoms with Crippen molar-refractivity contribution in [2.24, 2.45) is 4.99 Å². The fourth-order valence-electron chi connectivity index (χ4n) is 5.65. The third-order valence-electron chi connectivity index (χ3n) is 8.30. The van der Waals surface area contributed by atoms with Gasteiger partial charge in [-0.1, -0.05) is 24.4 Å². The molecule has 1 atom stereocenters. The number of halogens is 2. The smallest absolute Gasteiger partial charge is 0.305 e. The quantitative estimate of drug-likeness (QED) is 0.147. The van der Waals surface area contributed by atoms with E-state index in [0.29, 0.717) is 38.6 Å². The van der Waals surface area contributed by atoms with Crippen molar-refractivity contribution in [2.45, 2.75) is 13.0 Å². The summed E-state index contributed by atoms with van der Waals surface area (Å²) >= 11 is 0. The van der Waals surface area contributed by atoms with Crippen LogP contribution in [0.1, 0.15) is 27.9 Å². The maximum atomic E-state index is 16.0. The van der Waals surface area contributed by atoms with Crippen molar-refractivity contribution in [3.63, 3.8) is 0 Å². The molecule has 1 amide bonds. The van der Waals surface area contributed by atoms with E-state index in [2.05, 4.69) is 28.8 Å². The minimum absolute atomic E-state index is 0.0458. The summed E-state index contributed by atoms with van der Waals surface area (Å²) in [7, 11) is 0.986. The molecule has 13 heteroatoms. The van der Waals surface area contributed by atoms with Gasteiger partial charge in [-0.3, -0.25) is 14.6 Å². The summed E-state index contributed by atoms with van der Waals surface area (Å²) in [5.74, 6) is -3.22. The van der Waals surface area contributed by atoms with Gasteiger partial charge in [0.15, 0.2) is 0 Å². The van der Waals surface area contributed by atoms with Crippen LogP contribution >= 0.6 is 0 Å². The highest BCUT2D eigenvalue weighted by molar-refractivity contribution is 7.02. The van der Waals surface area contributed by atoms with Crippen molar-refractivity contribution in [3.05, 3.63) is 99.9 Å². The largest absolute Gasteiger partial charge is 0.481 e. The van der Waals surface area contributed by atoms with Gasteiger partial charge in [0, 0.05) is 37.5 Å². The fraction of sp³-hybridized carbons (Fsp3) is 0.361. The predicted molar refractivity (Wildman–Crippen MR) is 188 cm³/mol. The number of aliphatic carboxylic acids is 1. The first-order valence-electron chi connectivity index (χ1n) is 16.0. The van der Waals surface area contributed by atoms with Crippen LogP contribution in [0, 0.1) is 11.6 Å². The van der Waals surface area contributed by atoms with E-state index in [9.17, 15) is 9.59 Å². The van der Waals surface area contributed by atoms with E-state index in [1.54, 1.807) is 7.05 Å². The average molecular weight is 696 g/mol. The molecule has 4 rings (SSSR count). The van der Waals surface area contributed by atoms with Crippen LogP contribution in [0.3, 0.4) is 0 Å². The Bertz CT molecular complexity index is 1650. The third-order valence-corrected chi connectivity index (χ3v) is 12.2. The molecule has 3 N–H and O–H groups in total. The van der Waals surface area contributed by atoms with Crippen LogP contribution < -0.4 is 15.8 Å². The predicted octanol–water partition coefficient (Wildman–Crippen LogP) is 4.21. The lowest BCUT2D eigenvalue weighted by atomic mass is 9.88. The van der Waals surface area contributed by atoms with E-state index in [1.165, 1.54) is 0 Å². The molecule has 0 radical (unpaired) electrons. The molecule has 49 heavy (non-hydrogen) atoms. The Labute approximate surface area is 286 Å². The lowest BCUT2D eigenvalue weighted by Crippen LogP contribution is -2.50. The number of amides is 1. The number of allylic oxidation sites excluding steroid dienone is 5. The lowest BCUT2D eigenvalue weighted by Gasteiger charge is -2.38. The summed E-state index contributed by atoms with van der Waals surface area (Å²) in [6.45, 7) is 8.73. The zero-order chi connectivity index (χ0) is 35.4. The van der Waals surface area contributed by atoms with Gasteiger partial charge in [-0.2, -0.15) is 0 Å². The van der Waals surface area contributed by atoms with Crippen molar-refractivity contribution in [1.82, 2.24) is 5.32 Å². The Morgan fingerprint density at radius 1 is 0.939 bits per heavy atom. The number of carboxylic acid groups (broad SMARTS) is 1. The van der Waals surface area contributed by atoms with Crippen molar-refractivity contribution in [2.75, 3.05) is 78.8 Å². The lowest BCUT2D eigenvalue weighted by molar-refractivity contribution is -0.138. The second kappa shape index (κ2) is 17.9. The Balaban J connectivity index is 1.35. The van der Waals surface area contributed by atoms with Crippen molar-refractivity contribution < 1.29 is 42.4 Å². The zero-order valence-electron chi connectivity index (χ0n) is 28.1. The van der Waals surface area contributed by atoms with Gasteiger partial charge in [0.05, 0.1) is 70.6 Å². The Morgan fingerprint density at radius 3 is 2.12 bits per heavy atom. The van der Waals surface area contributed by atoms with E-state index in [0.717, 1.165) is 45.1 Å². The van der Waals surface area contributed by atoms with Gasteiger partial charge in [-0.25, -0.2) is 8.78 Å². The number of anilines is 1. The first kappa shape index (κ1) is 37.5. The number of rotatable bonds is 19. The number of hydrogen-bond donors (Lipinski definition) is 3. The number of fused-ring (bicyclic) bond motifs is 2. The monoisotopic (exact) mass is 695 g/mol. The van der Waals surface area contributed by atoms with Gasteiger partial charge in [0.1, 0.15) is 19.7 Å². The molecule has 0 bridgehead atoms. The molecule has 10 nitrogen and oxygen atoms in total. The first-order valence-corrected chi connectivity index (χ1v) is 18.6. The molecule has 1 aliphatic carbocycles. The van der Waals surface area contributed by atoms with Crippen LogP contribution in [-0.4, -0.2) is 104 Å². The van der Waals surface area contributed by atoms with Gasteiger partial charge in [0.25, 0.3) is 5.91 Å². The van der Waals surface area contributed by atoms with Gasteiger partial charge >= 0.3 is 5.97 Å². The highest BCUT2D eigenvalue weighted by atomic mass is 28.3. The zero-order valence-corrected chi connectivity index (χ0v) is 29.1. The third kappa shape index (κ3) is 9.25. The number of carboxylic acids is 1. The van der Waals surface area contributed by atoms with Crippen LogP contribution in [-0.2, 0) is 23.7 Å². The number of nitrogens with one attached hydrogen (secondary N) is 2. The highest BCUT2D eigenvalue weighted by Gasteiger charge is 2.42. The van der Waals surface area contributed by atoms with Gasteiger partial charge < -0.3 is 34.7 Å². The van der Waals surface area contributed by atoms with Crippen LogP contribution in [0.15, 0.2) is 76.6 Å².